The molecular formula is C14H24N2O2. The van der Waals surface area contributed by atoms with Gasteiger partial charge in [0.05, 0.1) is 12.5 Å². The molecule has 4 nitrogen and oxygen atoms in total. The number of rotatable bonds is 3. The molecular weight excluding hydrogens is 228 g/mol. The Morgan fingerprint density at radius 3 is 2.28 bits per heavy atom. The van der Waals surface area contributed by atoms with Crippen LogP contribution in [0.1, 0.15) is 52.9 Å². The Bertz CT molecular complexity index is 333. The average Bonchev–Trinajstić information content (AvgIpc) is 2.57. The molecule has 1 saturated carbocycles. The first-order valence-corrected chi connectivity index (χ1v) is 7.11. The lowest BCUT2D eigenvalue weighted by atomic mass is 9.87. The second kappa shape index (κ2) is 5.39. The van der Waals surface area contributed by atoms with Crippen molar-refractivity contribution in [3.05, 3.63) is 0 Å². The molecule has 0 aromatic carbocycles. The van der Waals surface area contributed by atoms with E-state index in [1.54, 1.807) is 0 Å². The predicted octanol–water partition coefficient (Wildman–Crippen LogP) is 1.69. The van der Waals surface area contributed by atoms with Crippen LogP contribution in [0.5, 0.6) is 0 Å². The second-order valence-corrected chi connectivity index (χ2v) is 6.08. The number of hydrogen-bond donors (Lipinski definition) is 1. The van der Waals surface area contributed by atoms with Crippen LogP contribution in [0.2, 0.25) is 0 Å². The normalized spacial score (nSPS) is 33.6. The summed E-state index contributed by atoms with van der Waals surface area (Å²) in [7, 11) is 0. The third kappa shape index (κ3) is 2.74. The van der Waals surface area contributed by atoms with Crippen molar-refractivity contribution >= 4 is 11.8 Å². The summed E-state index contributed by atoms with van der Waals surface area (Å²) in [5.74, 6) is 0.737. The summed E-state index contributed by atoms with van der Waals surface area (Å²) >= 11 is 0. The van der Waals surface area contributed by atoms with Gasteiger partial charge in [-0.2, -0.15) is 0 Å². The molecule has 1 aliphatic carbocycles. The van der Waals surface area contributed by atoms with Crippen LogP contribution in [-0.4, -0.2) is 34.8 Å². The van der Waals surface area contributed by atoms with Crippen LogP contribution in [0.15, 0.2) is 0 Å². The maximum atomic E-state index is 12.1. The van der Waals surface area contributed by atoms with Crippen LogP contribution in [-0.2, 0) is 9.59 Å². The van der Waals surface area contributed by atoms with Gasteiger partial charge in [0, 0.05) is 12.1 Å². The molecule has 4 heteroatoms. The van der Waals surface area contributed by atoms with Gasteiger partial charge in [0.1, 0.15) is 0 Å². The van der Waals surface area contributed by atoms with E-state index >= 15 is 0 Å². The molecule has 1 N–H and O–H groups in total. The number of carbonyl (C=O) groups is 2. The Kier molecular flexibility index (Phi) is 4.05. The van der Waals surface area contributed by atoms with Crippen molar-refractivity contribution in [2.75, 3.05) is 0 Å². The van der Waals surface area contributed by atoms with E-state index in [0.717, 1.165) is 18.8 Å². The highest BCUT2D eigenvalue weighted by Crippen LogP contribution is 2.25. The summed E-state index contributed by atoms with van der Waals surface area (Å²) < 4.78 is 0. The average molecular weight is 252 g/mol. The van der Waals surface area contributed by atoms with Crippen molar-refractivity contribution in [3.63, 3.8) is 0 Å². The fourth-order valence-electron chi connectivity index (χ4n) is 3.04. The van der Waals surface area contributed by atoms with Crippen molar-refractivity contribution in [2.45, 2.75) is 71.0 Å². The molecule has 1 unspecified atom stereocenters. The number of amides is 2. The van der Waals surface area contributed by atoms with Crippen molar-refractivity contribution in [1.82, 2.24) is 10.2 Å². The van der Waals surface area contributed by atoms with Crippen LogP contribution in [0.4, 0.5) is 0 Å². The van der Waals surface area contributed by atoms with E-state index in [-0.39, 0.29) is 23.9 Å². The minimum absolute atomic E-state index is 0.0248. The zero-order chi connectivity index (χ0) is 13.3. The van der Waals surface area contributed by atoms with Crippen molar-refractivity contribution in [2.24, 2.45) is 5.92 Å². The predicted molar refractivity (Wildman–Crippen MR) is 69.9 cm³/mol. The zero-order valence-electron chi connectivity index (χ0n) is 11.6. The number of likely N-dealkylation sites (tertiary alicyclic amines) is 1. The number of nitrogens with zero attached hydrogens (tertiary/aromatic N) is 1. The number of carbonyl (C=O) groups excluding carboxylic acids is 2. The van der Waals surface area contributed by atoms with Crippen LogP contribution in [0.3, 0.4) is 0 Å². The quantitative estimate of drug-likeness (QED) is 0.778. The zero-order valence-corrected chi connectivity index (χ0v) is 11.6. The minimum Gasteiger partial charge on any atom is -0.303 e. The summed E-state index contributed by atoms with van der Waals surface area (Å²) in [6.07, 6.45) is 5.03. The molecule has 0 aromatic rings. The van der Waals surface area contributed by atoms with Gasteiger partial charge in [0.2, 0.25) is 11.8 Å². The van der Waals surface area contributed by atoms with Gasteiger partial charge in [0.25, 0.3) is 0 Å². The van der Waals surface area contributed by atoms with Gasteiger partial charge in [-0.05, 0) is 45.4 Å². The van der Waals surface area contributed by atoms with Gasteiger partial charge in [-0.1, -0.05) is 6.92 Å². The van der Waals surface area contributed by atoms with Crippen LogP contribution in [0.25, 0.3) is 0 Å². The summed E-state index contributed by atoms with van der Waals surface area (Å²) in [5.41, 5.74) is 0. The maximum Gasteiger partial charge on any atom is 0.247 e. The van der Waals surface area contributed by atoms with E-state index in [1.165, 1.54) is 17.7 Å². The highest BCUT2D eigenvalue weighted by Gasteiger charge is 2.40. The third-order valence-corrected chi connectivity index (χ3v) is 4.15. The Morgan fingerprint density at radius 2 is 1.78 bits per heavy atom. The lowest BCUT2D eigenvalue weighted by molar-refractivity contribution is -0.140. The molecule has 1 atom stereocenters. The second-order valence-electron chi connectivity index (χ2n) is 6.08. The summed E-state index contributed by atoms with van der Waals surface area (Å²) in [5, 5.41) is 3.39. The first kappa shape index (κ1) is 13.5. The molecule has 2 amide bonds. The molecule has 2 aliphatic rings. The van der Waals surface area contributed by atoms with E-state index < -0.39 is 0 Å². The fraction of sp³-hybridized carbons (Fsp3) is 0.857. The van der Waals surface area contributed by atoms with Crippen LogP contribution >= 0.6 is 0 Å². The standard InChI is InChI=1S/C14H24N2O2/c1-9(2)16-13(17)8-12(14(16)18)15-11-6-4-10(3)5-7-11/h9-12,15H,4-8H2,1-3H3. The highest BCUT2D eigenvalue weighted by atomic mass is 16.2. The molecule has 2 fully saturated rings. The van der Waals surface area contributed by atoms with E-state index in [0.29, 0.717) is 12.5 Å². The smallest absolute Gasteiger partial charge is 0.247 e. The molecule has 0 bridgehead atoms. The topological polar surface area (TPSA) is 49.4 Å². The van der Waals surface area contributed by atoms with Gasteiger partial charge in [-0.15, -0.1) is 0 Å². The van der Waals surface area contributed by atoms with Gasteiger partial charge in [0.15, 0.2) is 0 Å². The molecule has 1 heterocycles. The Balaban J connectivity index is 1.91. The molecule has 102 valence electrons. The molecule has 0 radical (unpaired) electrons. The summed E-state index contributed by atoms with van der Waals surface area (Å²) in [6.45, 7) is 6.06. The van der Waals surface area contributed by atoms with Crippen LogP contribution < -0.4 is 5.32 Å². The largest absolute Gasteiger partial charge is 0.303 e. The lowest BCUT2D eigenvalue weighted by Gasteiger charge is -2.29. The molecule has 1 aliphatic heterocycles. The Hall–Kier alpha value is -0.900. The molecule has 0 spiro atoms. The Morgan fingerprint density at radius 1 is 1.17 bits per heavy atom. The SMILES string of the molecule is CC1CCC(NC2CC(=O)N(C(C)C)C2=O)CC1. The molecule has 0 aromatic heterocycles. The number of nitrogens with one attached hydrogen (secondary N) is 1. The third-order valence-electron chi connectivity index (χ3n) is 4.15. The fourth-order valence-corrected chi connectivity index (χ4v) is 3.04. The van der Waals surface area contributed by atoms with E-state index in [4.69, 9.17) is 0 Å². The van der Waals surface area contributed by atoms with Crippen molar-refractivity contribution in [3.8, 4) is 0 Å². The Labute approximate surface area is 109 Å². The summed E-state index contributed by atoms with van der Waals surface area (Å²) in [4.78, 5) is 25.3. The molecule has 2 rings (SSSR count). The minimum atomic E-state index is -0.279. The van der Waals surface area contributed by atoms with Gasteiger partial charge in [-0.25, -0.2) is 0 Å². The molecule has 1 saturated heterocycles. The van der Waals surface area contributed by atoms with Crippen molar-refractivity contribution in [1.29, 1.82) is 0 Å². The first-order chi connectivity index (χ1) is 8.49. The molecule has 18 heavy (non-hydrogen) atoms. The summed E-state index contributed by atoms with van der Waals surface area (Å²) in [6, 6.07) is 0.108. The van der Waals surface area contributed by atoms with Gasteiger partial charge < -0.3 is 5.32 Å². The van der Waals surface area contributed by atoms with Crippen LogP contribution in [0, 0.1) is 5.92 Å². The van der Waals surface area contributed by atoms with E-state index in [9.17, 15) is 9.59 Å². The number of hydrogen-bond acceptors (Lipinski definition) is 3. The van der Waals surface area contributed by atoms with Crippen molar-refractivity contribution < 1.29 is 9.59 Å². The van der Waals surface area contributed by atoms with Gasteiger partial charge >= 0.3 is 0 Å². The maximum absolute atomic E-state index is 12.1. The lowest BCUT2D eigenvalue weighted by Crippen LogP contribution is -2.46. The highest BCUT2D eigenvalue weighted by molar-refractivity contribution is 6.05. The van der Waals surface area contributed by atoms with E-state index in [2.05, 4.69) is 12.2 Å². The monoisotopic (exact) mass is 252 g/mol. The van der Waals surface area contributed by atoms with E-state index in [1.807, 2.05) is 13.8 Å². The van der Waals surface area contributed by atoms with Gasteiger partial charge in [-0.3, -0.25) is 14.5 Å². The first-order valence-electron chi connectivity index (χ1n) is 7.11. The number of imide groups is 1.